The third-order valence-corrected chi connectivity index (χ3v) is 4.89. The lowest BCUT2D eigenvalue weighted by Gasteiger charge is -2.09. The van der Waals surface area contributed by atoms with Crippen molar-refractivity contribution in [3.8, 4) is 17.3 Å². The number of imidazole rings is 1. The first-order chi connectivity index (χ1) is 14.4. The molecule has 152 valence electrons. The van der Waals surface area contributed by atoms with Gasteiger partial charge in [-0.1, -0.05) is 31.1 Å². The maximum atomic E-state index is 12.7. The van der Waals surface area contributed by atoms with Crippen molar-refractivity contribution in [2.45, 2.75) is 33.6 Å². The fourth-order valence-corrected chi connectivity index (χ4v) is 2.98. The molecule has 1 aromatic carbocycles. The number of carbonyl (C=O) groups excluding carboxylic acids is 1. The molecule has 0 radical (unpaired) electrons. The maximum absolute atomic E-state index is 12.7. The van der Waals surface area contributed by atoms with Crippen LogP contribution in [0.1, 0.15) is 47.2 Å². The largest absolute Gasteiger partial charge is 0.334 e. The molecule has 1 amide bonds. The Labute approximate surface area is 174 Å². The highest BCUT2D eigenvalue weighted by Gasteiger charge is 2.18. The van der Waals surface area contributed by atoms with Gasteiger partial charge in [0.25, 0.3) is 11.8 Å². The van der Waals surface area contributed by atoms with Gasteiger partial charge in [0, 0.05) is 24.0 Å². The molecule has 30 heavy (non-hydrogen) atoms. The van der Waals surface area contributed by atoms with Crippen LogP contribution in [-0.4, -0.2) is 30.6 Å². The molecule has 0 bridgehead atoms. The zero-order valence-corrected chi connectivity index (χ0v) is 17.2. The fourth-order valence-electron chi connectivity index (χ4n) is 2.98. The Kier molecular flexibility index (Phi) is 5.14. The molecule has 0 atom stereocenters. The molecule has 0 spiro atoms. The van der Waals surface area contributed by atoms with E-state index in [2.05, 4.69) is 25.4 Å². The number of carbonyl (C=O) groups is 1. The van der Waals surface area contributed by atoms with E-state index in [9.17, 15) is 4.79 Å². The lowest BCUT2D eigenvalue weighted by Crippen LogP contribution is -2.13. The van der Waals surface area contributed by atoms with Gasteiger partial charge in [-0.05, 0) is 43.2 Å². The van der Waals surface area contributed by atoms with Crippen LogP contribution in [0.3, 0.4) is 0 Å². The number of hydrogen-bond acceptors (Lipinski definition) is 6. The van der Waals surface area contributed by atoms with Crippen LogP contribution in [0.4, 0.5) is 5.69 Å². The standard InChI is InChI=1S/C22H22N6O2/c1-13(2)19-26-22(30-27-19)16-8-6-10-23-20(16)28-11-18(24-12-28)21(29)25-17-9-5-7-14(3)15(17)4/h5-13H,1-4H3,(H,25,29). The first-order valence-corrected chi connectivity index (χ1v) is 9.65. The summed E-state index contributed by atoms with van der Waals surface area (Å²) < 4.78 is 7.09. The molecule has 0 saturated heterocycles. The second kappa shape index (κ2) is 7.90. The van der Waals surface area contributed by atoms with Crippen LogP contribution in [-0.2, 0) is 0 Å². The van der Waals surface area contributed by atoms with Gasteiger partial charge in [-0.3, -0.25) is 9.36 Å². The van der Waals surface area contributed by atoms with Crippen LogP contribution >= 0.6 is 0 Å². The average Bonchev–Trinajstić information content (AvgIpc) is 3.41. The molecule has 3 aromatic heterocycles. The minimum Gasteiger partial charge on any atom is -0.334 e. The highest BCUT2D eigenvalue weighted by molar-refractivity contribution is 6.03. The van der Waals surface area contributed by atoms with Crippen molar-refractivity contribution in [3.63, 3.8) is 0 Å². The van der Waals surface area contributed by atoms with Crippen molar-refractivity contribution >= 4 is 11.6 Å². The number of benzene rings is 1. The van der Waals surface area contributed by atoms with Gasteiger partial charge in [-0.25, -0.2) is 9.97 Å². The second-order valence-corrected chi connectivity index (χ2v) is 7.35. The molecule has 3 heterocycles. The van der Waals surface area contributed by atoms with Crippen LogP contribution in [0.15, 0.2) is 53.6 Å². The zero-order valence-electron chi connectivity index (χ0n) is 17.2. The van der Waals surface area contributed by atoms with Gasteiger partial charge in [0.15, 0.2) is 11.6 Å². The van der Waals surface area contributed by atoms with Gasteiger partial charge in [0.05, 0.1) is 5.56 Å². The van der Waals surface area contributed by atoms with Crippen LogP contribution in [0.25, 0.3) is 17.3 Å². The number of anilines is 1. The lowest BCUT2D eigenvalue weighted by molar-refractivity contribution is 0.102. The smallest absolute Gasteiger partial charge is 0.275 e. The summed E-state index contributed by atoms with van der Waals surface area (Å²) in [4.78, 5) is 25.8. The van der Waals surface area contributed by atoms with E-state index in [1.54, 1.807) is 29.4 Å². The quantitative estimate of drug-likeness (QED) is 0.534. The van der Waals surface area contributed by atoms with Gasteiger partial charge in [-0.15, -0.1) is 0 Å². The molecule has 0 saturated carbocycles. The summed E-state index contributed by atoms with van der Waals surface area (Å²) in [5.41, 5.74) is 3.84. The third kappa shape index (κ3) is 3.71. The lowest BCUT2D eigenvalue weighted by atomic mass is 10.1. The van der Waals surface area contributed by atoms with E-state index < -0.39 is 0 Å². The first kappa shape index (κ1) is 19.5. The molecule has 4 aromatic rings. The van der Waals surface area contributed by atoms with Crippen molar-refractivity contribution in [1.29, 1.82) is 0 Å². The van der Waals surface area contributed by atoms with Gasteiger partial charge in [-0.2, -0.15) is 4.98 Å². The number of rotatable bonds is 5. The predicted molar refractivity (Wildman–Crippen MR) is 113 cm³/mol. The molecule has 0 aliphatic rings. The average molecular weight is 402 g/mol. The number of amides is 1. The van der Waals surface area contributed by atoms with Crippen molar-refractivity contribution in [1.82, 2.24) is 24.7 Å². The van der Waals surface area contributed by atoms with E-state index in [4.69, 9.17) is 4.52 Å². The molecule has 4 rings (SSSR count). The van der Waals surface area contributed by atoms with Crippen LogP contribution < -0.4 is 5.32 Å². The van der Waals surface area contributed by atoms with E-state index >= 15 is 0 Å². The highest BCUT2D eigenvalue weighted by atomic mass is 16.5. The molecule has 0 unspecified atom stereocenters. The molecular formula is C22H22N6O2. The van der Waals surface area contributed by atoms with Gasteiger partial charge < -0.3 is 9.84 Å². The van der Waals surface area contributed by atoms with Gasteiger partial charge in [0.2, 0.25) is 0 Å². The predicted octanol–water partition coefficient (Wildman–Crippen LogP) is 4.31. The Morgan fingerprint density at radius 3 is 2.73 bits per heavy atom. The molecule has 8 heteroatoms. The minimum absolute atomic E-state index is 0.149. The summed E-state index contributed by atoms with van der Waals surface area (Å²) in [7, 11) is 0. The number of hydrogen-bond donors (Lipinski definition) is 1. The topological polar surface area (TPSA) is 98.7 Å². The van der Waals surface area contributed by atoms with E-state index in [0.717, 1.165) is 16.8 Å². The van der Waals surface area contributed by atoms with Crippen molar-refractivity contribution in [2.75, 3.05) is 5.32 Å². The van der Waals surface area contributed by atoms with Crippen molar-refractivity contribution in [3.05, 3.63) is 71.7 Å². The minimum atomic E-state index is -0.292. The SMILES string of the molecule is Cc1cccc(NC(=O)c2cn(-c3ncccc3-c3nc(C(C)C)no3)cn2)c1C. The Morgan fingerprint density at radius 1 is 1.13 bits per heavy atom. The monoisotopic (exact) mass is 402 g/mol. The van der Waals surface area contributed by atoms with Crippen molar-refractivity contribution in [2.24, 2.45) is 0 Å². The van der Waals surface area contributed by atoms with E-state index in [-0.39, 0.29) is 17.5 Å². The zero-order chi connectivity index (χ0) is 21.3. The van der Waals surface area contributed by atoms with E-state index in [1.807, 2.05) is 52.0 Å². The Hall–Kier alpha value is -3.81. The van der Waals surface area contributed by atoms with Gasteiger partial charge >= 0.3 is 0 Å². The summed E-state index contributed by atoms with van der Waals surface area (Å²) in [6, 6.07) is 9.42. The Bertz CT molecular complexity index is 1210. The van der Waals surface area contributed by atoms with Crippen LogP contribution in [0, 0.1) is 13.8 Å². The van der Waals surface area contributed by atoms with E-state index in [1.165, 1.54) is 0 Å². The fraction of sp³-hybridized carbons (Fsp3) is 0.227. The maximum Gasteiger partial charge on any atom is 0.275 e. The number of aryl methyl sites for hydroxylation is 1. The summed E-state index contributed by atoms with van der Waals surface area (Å²) in [5.74, 6) is 1.40. The number of pyridine rings is 1. The second-order valence-electron chi connectivity index (χ2n) is 7.35. The van der Waals surface area contributed by atoms with Crippen molar-refractivity contribution < 1.29 is 9.32 Å². The Morgan fingerprint density at radius 2 is 1.97 bits per heavy atom. The normalized spacial score (nSPS) is 11.1. The number of aromatic nitrogens is 5. The third-order valence-electron chi connectivity index (χ3n) is 4.89. The molecular weight excluding hydrogens is 380 g/mol. The van der Waals surface area contributed by atoms with Crippen LogP contribution in [0.2, 0.25) is 0 Å². The van der Waals surface area contributed by atoms with E-state index in [0.29, 0.717) is 23.1 Å². The molecule has 0 aliphatic heterocycles. The molecule has 0 aliphatic carbocycles. The summed E-state index contributed by atoms with van der Waals surface area (Å²) in [6.45, 7) is 7.97. The first-order valence-electron chi connectivity index (χ1n) is 9.65. The summed E-state index contributed by atoms with van der Waals surface area (Å²) in [5, 5.41) is 6.94. The summed E-state index contributed by atoms with van der Waals surface area (Å²) >= 11 is 0. The molecule has 1 N–H and O–H groups in total. The molecule has 8 nitrogen and oxygen atoms in total. The number of nitrogens with zero attached hydrogens (tertiary/aromatic N) is 5. The van der Waals surface area contributed by atoms with Gasteiger partial charge in [0.1, 0.15) is 12.0 Å². The molecule has 0 fully saturated rings. The highest BCUT2D eigenvalue weighted by Crippen LogP contribution is 2.25. The summed E-state index contributed by atoms with van der Waals surface area (Å²) in [6.07, 6.45) is 4.84. The Balaban J connectivity index is 1.63. The van der Waals surface area contributed by atoms with Crippen LogP contribution in [0.5, 0.6) is 0 Å². The number of nitrogens with one attached hydrogen (secondary N) is 1.